The van der Waals surface area contributed by atoms with E-state index in [1.54, 1.807) is 0 Å². The zero-order valence-corrected chi connectivity index (χ0v) is 16.2. The lowest BCUT2D eigenvalue weighted by Gasteiger charge is -2.04. The molecule has 11 heteroatoms. The molecule has 0 atom stereocenters. The Morgan fingerprint density at radius 3 is 1.16 bits per heavy atom. The van der Waals surface area contributed by atoms with Gasteiger partial charge in [-0.25, -0.2) is 4.18 Å². The maximum Gasteiger partial charge on any atom is 0.397 e. The van der Waals surface area contributed by atoms with Gasteiger partial charge in [-0.05, 0) is 20.8 Å². The first-order valence-electron chi connectivity index (χ1n) is 8.03. The van der Waals surface area contributed by atoms with Crippen LogP contribution in [0.4, 0.5) is 0 Å². The molecule has 0 spiro atoms. The smallest absolute Gasteiger partial charge is 0.394 e. The Balaban J connectivity index is -0.000000337. The topological polar surface area (TPSA) is 141 Å². The molecule has 0 aliphatic carbocycles. The molecule has 0 aliphatic heterocycles. The van der Waals surface area contributed by atoms with Crippen LogP contribution in [0.25, 0.3) is 0 Å². The second-order valence-corrected chi connectivity index (χ2v) is 4.99. The SMILES string of the molecule is CCOCC.CCOS(=O)(=O)O.OCCOCCOCCOCCO. The molecule has 0 amide bonds. The maximum atomic E-state index is 9.56. The Morgan fingerprint density at radius 1 is 0.640 bits per heavy atom. The molecule has 0 aromatic carbocycles. The van der Waals surface area contributed by atoms with Crippen LogP contribution in [0.5, 0.6) is 0 Å². The van der Waals surface area contributed by atoms with Gasteiger partial charge in [0, 0.05) is 13.2 Å². The van der Waals surface area contributed by atoms with E-state index in [1.165, 1.54) is 6.92 Å². The van der Waals surface area contributed by atoms with Crippen molar-refractivity contribution < 1.29 is 46.3 Å². The second-order valence-electron chi connectivity index (χ2n) is 3.90. The molecule has 0 saturated carbocycles. The van der Waals surface area contributed by atoms with Crippen molar-refractivity contribution in [3.05, 3.63) is 0 Å². The Hall–Kier alpha value is -0.370. The quantitative estimate of drug-likeness (QED) is 0.270. The Morgan fingerprint density at radius 2 is 1.00 bits per heavy atom. The highest BCUT2D eigenvalue weighted by molar-refractivity contribution is 7.80. The van der Waals surface area contributed by atoms with Crippen LogP contribution in [-0.2, 0) is 33.5 Å². The second kappa shape index (κ2) is 25.9. The van der Waals surface area contributed by atoms with E-state index in [-0.39, 0.29) is 19.8 Å². The van der Waals surface area contributed by atoms with Crippen LogP contribution < -0.4 is 0 Å². The van der Waals surface area contributed by atoms with E-state index in [9.17, 15) is 8.42 Å². The third-order valence-corrected chi connectivity index (χ3v) is 2.42. The van der Waals surface area contributed by atoms with Gasteiger partial charge < -0.3 is 29.2 Å². The van der Waals surface area contributed by atoms with Crippen LogP contribution in [0.1, 0.15) is 20.8 Å². The molecule has 0 bridgehead atoms. The van der Waals surface area contributed by atoms with Crippen molar-refractivity contribution in [2.45, 2.75) is 20.8 Å². The maximum absolute atomic E-state index is 9.56. The van der Waals surface area contributed by atoms with Crippen LogP contribution in [0.15, 0.2) is 0 Å². The van der Waals surface area contributed by atoms with E-state index < -0.39 is 10.4 Å². The lowest BCUT2D eigenvalue weighted by atomic mass is 10.7. The van der Waals surface area contributed by atoms with Gasteiger partial charge in [-0.1, -0.05) is 0 Å². The zero-order chi connectivity index (χ0) is 19.8. The molecule has 0 saturated heterocycles. The van der Waals surface area contributed by atoms with Crippen LogP contribution in [0.3, 0.4) is 0 Å². The van der Waals surface area contributed by atoms with Crippen molar-refractivity contribution in [2.24, 2.45) is 0 Å². The first-order valence-corrected chi connectivity index (χ1v) is 9.40. The summed E-state index contributed by atoms with van der Waals surface area (Å²) in [5, 5.41) is 16.7. The number of aliphatic hydroxyl groups excluding tert-OH is 2. The van der Waals surface area contributed by atoms with Crippen molar-refractivity contribution >= 4 is 10.4 Å². The van der Waals surface area contributed by atoms with Gasteiger partial charge in [0.25, 0.3) is 0 Å². The molecule has 0 fully saturated rings. The average molecular weight is 394 g/mol. The Labute approximate surface area is 150 Å². The number of hydrogen-bond donors (Lipinski definition) is 3. The molecule has 0 aromatic heterocycles. The third-order valence-electron chi connectivity index (χ3n) is 1.89. The summed E-state index contributed by atoms with van der Waals surface area (Å²) in [6.45, 7) is 9.87. The fraction of sp³-hybridized carbons (Fsp3) is 1.00. The van der Waals surface area contributed by atoms with Crippen molar-refractivity contribution in [1.82, 2.24) is 0 Å². The first kappa shape index (κ1) is 29.4. The third kappa shape index (κ3) is 45.3. The van der Waals surface area contributed by atoms with Gasteiger partial charge in [-0.15, -0.1) is 0 Å². The molecular weight excluding hydrogens is 360 g/mol. The monoisotopic (exact) mass is 394 g/mol. The molecule has 0 aliphatic rings. The van der Waals surface area contributed by atoms with Gasteiger partial charge >= 0.3 is 10.4 Å². The molecule has 0 heterocycles. The van der Waals surface area contributed by atoms with Crippen LogP contribution >= 0.6 is 0 Å². The fourth-order valence-electron chi connectivity index (χ4n) is 1.02. The molecule has 10 nitrogen and oxygen atoms in total. The van der Waals surface area contributed by atoms with Gasteiger partial charge in [0.05, 0.1) is 59.5 Å². The standard InChI is InChI=1S/C8H18O5.C4H10O.C2H6O4S/c9-1-3-11-5-7-13-8-6-12-4-2-10;1-3-5-4-2;1-2-6-7(3,4)5/h9-10H,1-8H2;3-4H2,1-2H3;2H2,1H3,(H,3,4,5). The number of aliphatic hydroxyl groups is 2. The predicted octanol–water partition coefficient (Wildman–Crippen LogP) is -0.111. The molecule has 0 rings (SSSR count). The minimum atomic E-state index is -4.17. The summed E-state index contributed by atoms with van der Waals surface area (Å²) in [5.74, 6) is 0. The molecule has 0 aromatic rings. The minimum Gasteiger partial charge on any atom is -0.394 e. The van der Waals surface area contributed by atoms with Gasteiger partial charge in [-0.2, -0.15) is 8.42 Å². The summed E-state index contributed by atoms with van der Waals surface area (Å²) in [5.41, 5.74) is 0. The van der Waals surface area contributed by atoms with E-state index in [4.69, 9.17) is 33.7 Å². The summed E-state index contributed by atoms with van der Waals surface area (Å²) in [7, 11) is -4.17. The molecule has 0 unspecified atom stereocenters. The highest BCUT2D eigenvalue weighted by Crippen LogP contribution is 1.81. The first-order chi connectivity index (χ1) is 11.9. The van der Waals surface area contributed by atoms with E-state index in [0.717, 1.165) is 13.2 Å². The van der Waals surface area contributed by atoms with E-state index in [0.29, 0.717) is 39.6 Å². The molecule has 25 heavy (non-hydrogen) atoms. The van der Waals surface area contributed by atoms with Crippen molar-refractivity contribution in [3.63, 3.8) is 0 Å². The number of ether oxygens (including phenoxy) is 4. The van der Waals surface area contributed by atoms with E-state index in [2.05, 4.69) is 4.18 Å². The summed E-state index contributed by atoms with van der Waals surface area (Å²) >= 11 is 0. The van der Waals surface area contributed by atoms with E-state index >= 15 is 0 Å². The molecule has 0 radical (unpaired) electrons. The number of rotatable bonds is 14. The summed E-state index contributed by atoms with van der Waals surface area (Å²) in [4.78, 5) is 0. The van der Waals surface area contributed by atoms with Gasteiger partial charge in [0.1, 0.15) is 0 Å². The largest absolute Gasteiger partial charge is 0.397 e. The van der Waals surface area contributed by atoms with Crippen LogP contribution in [0, 0.1) is 0 Å². The van der Waals surface area contributed by atoms with Gasteiger partial charge in [-0.3, -0.25) is 4.55 Å². The minimum absolute atomic E-state index is 0.0289. The Kier molecular flexibility index (Phi) is 30.4. The zero-order valence-electron chi connectivity index (χ0n) is 15.4. The molecular formula is C14H34O10S. The summed E-state index contributed by atoms with van der Waals surface area (Å²) in [6.07, 6.45) is 0. The summed E-state index contributed by atoms with van der Waals surface area (Å²) in [6, 6.07) is 0. The predicted molar refractivity (Wildman–Crippen MR) is 92.0 cm³/mol. The van der Waals surface area contributed by atoms with Crippen molar-refractivity contribution in [3.8, 4) is 0 Å². The molecule has 156 valence electrons. The van der Waals surface area contributed by atoms with Crippen LogP contribution in [0.2, 0.25) is 0 Å². The fourth-order valence-corrected chi connectivity index (χ4v) is 1.32. The molecule has 3 N–H and O–H groups in total. The lowest BCUT2D eigenvalue weighted by Crippen LogP contribution is -2.11. The van der Waals surface area contributed by atoms with Crippen molar-refractivity contribution in [1.29, 1.82) is 0 Å². The average Bonchev–Trinajstić information content (AvgIpc) is 2.54. The lowest BCUT2D eigenvalue weighted by molar-refractivity contribution is 0.00230. The van der Waals surface area contributed by atoms with Gasteiger partial charge in [0.15, 0.2) is 0 Å². The highest BCUT2D eigenvalue weighted by atomic mass is 32.3. The van der Waals surface area contributed by atoms with Crippen LogP contribution in [-0.4, -0.2) is 95.9 Å². The normalized spacial score (nSPS) is 10.5. The highest BCUT2D eigenvalue weighted by Gasteiger charge is 1.98. The van der Waals surface area contributed by atoms with Gasteiger partial charge in [0.2, 0.25) is 0 Å². The van der Waals surface area contributed by atoms with E-state index in [1.807, 2.05) is 13.8 Å². The van der Waals surface area contributed by atoms with Crippen molar-refractivity contribution in [2.75, 3.05) is 72.7 Å². The number of hydrogen-bond acceptors (Lipinski definition) is 9. The summed E-state index contributed by atoms with van der Waals surface area (Å²) < 4.78 is 50.5. The Bertz CT molecular complexity index is 299.